The molecule has 0 aliphatic rings. The van der Waals surface area contributed by atoms with E-state index in [-0.39, 0.29) is 5.69 Å². The van der Waals surface area contributed by atoms with Gasteiger partial charge < -0.3 is 4.74 Å². The van der Waals surface area contributed by atoms with Gasteiger partial charge in [0, 0.05) is 5.02 Å². The molecule has 0 heterocycles. The first kappa shape index (κ1) is 20.7. The smallest absolute Gasteiger partial charge is 0.260 e. The number of benzene rings is 2. The van der Waals surface area contributed by atoms with Crippen LogP contribution < -0.4 is 14.5 Å². The van der Waals surface area contributed by atoms with E-state index in [2.05, 4.69) is 10.5 Å². The molecule has 2 rings (SSSR count). The molecule has 0 fully saturated rings. The van der Waals surface area contributed by atoms with Gasteiger partial charge in [0.25, 0.3) is 5.91 Å². The molecule has 144 valence electrons. The van der Waals surface area contributed by atoms with Gasteiger partial charge in [-0.15, -0.1) is 0 Å². The molecular formula is C18H20ClN3O4S. The van der Waals surface area contributed by atoms with Gasteiger partial charge in [-0.3, -0.25) is 9.10 Å². The number of hydrogen-bond donors (Lipinski definition) is 1. The summed E-state index contributed by atoms with van der Waals surface area (Å²) in [6, 6.07) is 13.5. The second-order valence-electron chi connectivity index (χ2n) is 5.52. The number of sulfonamides is 1. The average Bonchev–Trinajstić information content (AvgIpc) is 2.60. The van der Waals surface area contributed by atoms with Crippen molar-refractivity contribution in [1.82, 2.24) is 5.43 Å². The van der Waals surface area contributed by atoms with Crippen LogP contribution in [0.1, 0.15) is 12.5 Å². The highest BCUT2D eigenvalue weighted by atomic mass is 35.5. The minimum Gasteiger partial charge on any atom is -0.492 e. The molecule has 0 atom stereocenters. The Morgan fingerprint density at radius 2 is 2.00 bits per heavy atom. The first-order valence-electron chi connectivity index (χ1n) is 8.08. The van der Waals surface area contributed by atoms with E-state index in [1.807, 2.05) is 0 Å². The van der Waals surface area contributed by atoms with Crippen molar-refractivity contribution in [2.24, 2.45) is 5.10 Å². The summed E-state index contributed by atoms with van der Waals surface area (Å²) in [5.74, 6) is -0.217. The summed E-state index contributed by atoms with van der Waals surface area (Å²) in [6.07, 6.45) is 2.45. The zero-order valence-electron chi connectivity index (χ0n) is 14.9. The van der Waals surface area contributed by atoms with Crippen LogP contribution in [0.15, 0.2) is 53.6 Å². The highest BCUT2D eigenvalue weighted by Gasteiger charge is 2.23. The van der Waals surface area contributed by atoms with Gasteiger partial charge in [0.1, 0.15) is 12.3 Å². The van der Waals surface area contributed by atoms with Crippen molar-refractivity contribution >= 4 is 39.4 Å². The van der Waals surface area contributed by atoms with Crippen LogP contribution in [-0.2, 0) is 14.8 Å². The maximum atomic E-state index is 12.2. The Balaban J connectivity index is 2.14. The maximum Gasteiger partial charge on any atom is 0.260 e. The molecular weight excluding hydrogens is 390 g/mol. The molecule has 0 radical (unpaired) electrons. The lowest BCUT2D eigenvalue weighted by Crippen LogP contribution is -2.39. The highest BCUT2D eigenvalue weighted by molar-refractivity contribution is 7.92. The molecule has 2 aromatic carbocycles. The number of rotatable bonds is 8. The van der Waals surface area contributed by atoms with Gasteiger partial charge >= 0.3 is 0 Å². The van der Waals surface area contributed by atoms with Gasteiger partial charge in [0.2, 0.25) is 10.0 Å². The minimum atomic E-state index is -3.71. The molecule has 0 saturated carbocycles. The van der Waals surface area contributed by atoms with Gasteiger partial charge in [-0.25, -0.2) is 13.8 Å². The Labute approximate surface area is 163 Å². The Hall–Kier alpha value is -2.58. The van der Waals surface area contributed by atoms with Crippen molar-refractivity contribution in [3.05, 3.63) is 59.1 Å². The molecule has 1 amide bonds. The predicted molar refractivity (Wildman–Crippen MR) is 107 cm³/mol. The Kier molecular flexibility index (Phi) is 7.20. The zero-order chi connectivity index (χ0) is 19.9. The van der Waals surface area contributed by atoms with Gasteiger partial charge in [-0.1, -0.05) is 35.9 Å². The molecule has 0 aliphatic heterocycles. The zero-order valence-corrected chi connectivity index (χ0v) is 16.5. The van der Waals surface area contributed by atoms with Crippen LogP contribution in [0, 0.1) is 0 Å². The molecule has 1 N–H and O–H groups in total. The van der Waals surface area contributed by atoms with E-state index in [1.54, 1.807) is 55.5 Å². The third-order valence-electron chi connectivity index (χ3n) is 3.37. The van der Waals surface area contributed by atoms with Crippen molar-refractivity contribution in [3.8, 4) is 5.75 Å². The van der Waals surface area contributed by atoms with Crippen LogP contribution in [0.5, 0.6) is 5.75 Å². The van der Waals surface area contributed by atoms with E-state index in [0.717, 1.165) is 10.6 Å². The lowest BCUT2D eigenvalue weighted by Gasteiger charge is -2.23. The summed E-state index contributed by atoms with van der Waals surface area (Å²) in [6.45, 7) is 1.72. The Morgan fingerprint density at radius 3 is 2.67 bits per heavy atom. The van der Waals surface area contributed by atoms with Crippen LogP contribution in [-0.4, -0.2) is 39.9 Å². The fourth-order valence-electron chi connectivity index (χ4n) is 2.25. The van der Waals surface area contributed by atoms with Crippen LogP contribution in [0.3, 0.4) is 0 Å². The fourth-order valence-corrected chi connectivity index (χ4v) is 3.31. The third-order valence-corrected chi connectivity index (χ3v) is 4.73. The normalized spacial score (nSPS) is 11.4. The van der Waals surface area contributed by atoms with E-state index < -0.39 is 22.5 Å². The SMILES string of the molecule is CCOc1ccccc1N(CC(=O)N/N=C\c1cccc(Cl)c1)S(C)(=O)=O. The van der Waals surface area contributed by atoms with Gasteiger partial charge in [-0.2, -0.15) is 5.10 Å². The number of hydrazone groups is 1. The summed E-state index contributed by atoms with van der Waals surface area (Å²) in [7, 11) is -3.71. The van der Waals surface area contributed by atoms with Crippen molar-refractivity contribution in [2.45, 2.75) is 6.92 Å². The number of para-hydroxylation sites is 2. The monoisotopic (exact) mass is 409 g/mol. The van der Waals surface area contributed by atoms with Gasteiger partial charge in [0.15, 0.2) is 0 Å². The first-order valence-corrected chi connectivity index (χ1v) is 10.3. The summed E-state index contributed by atoms with van der Waals surface area (Å²) in [5.41, 5.74) is 3.30. The van der Waals surface area contributed by atoms with Crippen LogP contribution >= 0.6 is 11.6 Å². The molecule has 7 nitrogen and oxygen atoms in total. The molecule has 9 heteroatoms. The molecule has 0 spiro atoms. The predicted octanol–water partition coefficient (Wildman–Crippen LogP) is 2.66. The minimum absolute atomic E-state index is 0.288. The van der Waals surface area contributed by atoms with E-state index in [0.29, 0.717) is 22.9 Å². The summed E-state index contributed by atoms with van der Waals surface area (Å²) >= 11 is 5.88. The van der Waals surface area contributed by atoms with Gasteiger partial charge in [0.05, 0.1) is 24.8 Å². The topological polar surface area (TPSA) is 88.1 Å². The number of halogens is 1. The second-order valence-corrected chi connectivity index (χ2v) is 7.86. The number of ether oxygens (including phenoxy) is 1. The first-order chi connectivity index (χ1) is 12.8. The van der Waals surface area contributed by atoms with Gasteiger partial charge in [-0.05, 0) is 36.8 Å². The van der Waals surface area contributed by atoms with E-state index in [1.165, 1.54) is 6.21 Å². The van der Waals surface area contributed by atoms with E-state index >= 15 is 0 Å². The fraction of sp³-hybridized carbons (Fsp3) is 0.222. The second kappa shape index (κ2) is 9.38. The largest absolute Gasteiger partial charge is 0.492 e. The molecule has 0 aliphatic carbocycles. The van der Waals surface area contributed by atoms with Crippen molar-refractivity contribution in [2.75, 3.05) is 23.7 Å². The van der Waals surface area contributed by atoms with Crippen LogP contribution in [0.25, 0.3) is 0 Å². The lowest BCUT2D eigenvalue weighted by atomic mass is 10.2. The average molecular weight is 410 g/mol. The number of hydrogen-bond acceptors (Lipinski definition) is 5. The number of nitrogens with zero attached hydrogens (tertiary/aromatic N) is 2. The Morgan fingerprint density at radius 1 is 1.26 bits per heavy atom. The molecule has 27 heavy (non-hydrogen) atoms. The van der Waals surface area contributed by atoms with Crippen LogP contribution in [0.2, 0.25) is 5.02 Å². The molecule has 0 saturated heterocycles. The summed E-state index contributed by atoms with van der Waals surface area (Å²) < 4.78 is 30.8. The molecule has 0 aromatic heterocycles. The number of amides is 1. The standard InChI is InChI=1S/C18H20ClN3O4S/c1-3-26-17-10-5-4-9-16(17)22(27(2,24)25)13-18(23)21-20-12-14-7-6-8-15(19)11-14/h4-12H,3,13H2,1-2H3,(H,21,23)/b20-12-. The number of carbonyl (C=O) groups is 1. The van der Waals surface area contributed by atoms with Crippen LogP contribution in [0.4, 0.5) is 5.69 Å². The summed E-state index contributed by atoms with van der Waals surface area (Å²) in [5, 5.41) is 4.38. The maximum absolute atomic E-state index is 12.2. The third kappa shape index (κ3) is 6.26. The number of nitrogens with one attached hydrogen (secondary N) is 1. The molecule has 2 aromatic rings. The lowest BCUT2D eigenvalue weighted by molar-refractivity contribution is -0.119. The quantitative estimate of drug-likeness (QED) is 0.536. The molecule has 0 unspecified atom stereocenters. The number of carbonyl (C=O) groups excluding carboxylic acids is 1. The number of anilines is 1. The Bertz CT molecular complexity index is 932. The van der Waals surface area contributed by atoms with E-state index in [9.17, 15) is 13.2 Å². The van der Waals surface area contributed by atoms with Crippen molar-refractivity contribution in [3.63, 3.8) is 0 Å². The van der Waals surface area contributed by atoms with Crippen molar-refractivity contribution < 1.29 is 17.9 Å². The van der Waals surface area contributed by atoms with E-state index in [4.69, 9.17) is 16.3 Å². The molecule has 0 bridgehead atoms. The van der Waals surface area contributed by atoms with Crippen molar-refractivity contribution in [1.29, 1.82) is 0 Å². The summed E-state index contributed by atoms with van der Waals surface area (Å²) in [4.78, 5) is 12.2. The highest BCUT2D eigenvalue weighted by Crippen LogP contribution is 2.29.